The van der Waals surface area contributed by atoms with Gasteiger partial charge in [-0.2, -0.15) is 0 Å². The maximum absolute atomic E-state index is 11.3. The monoisotopic (exact) mass is 170 g/mol. The lowest BCUT2D eigenvalue weighted by Crippen LogP contribution is -2.27. The average molecular weight is 171 g/mol. The second-order valence-corrected chi connectivity index (χ2v) is 4.01. The lowest BCUT2D eigenvalue weighted by molar-refractivity contribution is -0.121. The molecule has 2 bridgehead atoms. The molecular weight excluding hydrogens is 160 g/mol. The summed E-state index contributed by atoms with van der Waals surface area (Å²) < 4.78 is 0. The number of halogens is 1. The molecule has 2 aliphatic carbocycles. The van der Waals surface area contributed by atoms with Gasteiger partial charge in [-0.25, -0.2) is 0 Å². The van der Waals surface area contributed by atoms with E-state index in [9.17, 15) is 4.79 Å². The van der Waals surface area contributed by atoms with Crippen molar-refractivity contribution < 1.29 is 4.79 Å². The van der Waals surface area contributed by atoms with Crippen molar-refractivity contribution in [1.29, 1.82) is 0 Å². The standard InChI is InChI=1S/C9H11ClO/c1-2-5-3-6-4-7(5)8(10)9(6)11/h2,5-8H,1,3-4H2/t5-,6-,7-,8?/m0/s1. The summed E-state index contributed by atoms with van der Waals surface area (Å²) in [4.78, 5) is 11.3. The fourth-order valence-electron chi connectivity index (χ4n) is 2.38. The minimum Gasteiger partial charge on any atom is -0.298 e. The highest BCUT2D eigenvalue weighted by atomic mass is 35.5. The molecule has 0 heterocycles. The van der Waals surface area contributed by atoms with Crippen LogP contribution >= 0.6 is 11.6 Å². The van der Waals surface area contributed by atoms with Gasteiger partial charge in [-0.3, -0.25) is 4.79 Å². The van der Waals surface area contributed by atoms with Gasteiger partial charge in [0.1, 0.15) is 0 Å². The summed E-state index contributed by atoms with van der Waals surface area (Å²) in [5.74, 6) is 1.42. The van der Waals surface area contributed by atoms with Crippen LogP contribution < -0.4 is 0 Å². The van der Waals surface area contributed by atoms with Gasteiger partial charge in [0.2, 0.25) is 0 Å². The quantitative estimate of drug-likeness (QED) is 0.435. The van der Waals surface area contributed by atoms with Crippen LogP contribution in [0, 0.1) is 17.8 Å². The lowest BCUT2D eigenvalue weighted by Gasteiger charge is -2.21. The van der Waals surface area contributed by atoms with Gasteiger partial charge in [-0.15, -0.1) is 18.2 Å². The summed E-state index contributed by atoms with van der Waals surface area (Å²) in [6.45, 7) is 3.75. The third kappa shape index (κ3) is 0.871. The second kappa shape index (κ2) is 2.34. The molecule has 0 radical (unpaired) electrons. The Hall–Kier alpha value is -0.300. The first-order valence-electron chi connectivity index (χ1n) is 4.04. The Labute approximate surface area is 71.4 Å². The van der Waals surface area contributed by atoms with E-state index in [0.717, 1.165) is 12.8 Å². The largest absolute Gasteiger partial charge is 0.298 e. The van der Waals surface area contributed by atoms with Crippen molar-refractivity contribution in [3.05, 3.63) is 12.7 Å². The third-order valence-corrected chi connectivity index (χ3v) is 3.55. The van der Waals surface area contributed by atoms with Crippen molar-refractivity contribution in [2.24, 2.45) is 17.8 Å². The number of hydrogen-bond acceptors (Lipinski definition) is 1. The number of hydrogen-bond donors (Lipinski definition) is 0. The van der Waals surface area contributed by atoms with Gasteiger partial charge in [-0.05, 0) is 24.7 Å². The van der Waals surface area contributed by atoms with Crippen molar-refractivity contribution in [1.82, 2.24) is 0 Å². The number of rotatable bonds is 1. The normalized spacial score (nSPS) is 48.3. The smallest absolute Gasteiger partial charge is 0.154 e. The molecule has 60 valence electrons. The Morgan fingerprint density at radius 3 is 2.73 bits per heavy atom. The molecule has 0 aliphatic heterocycles. The molecule has 11 heavy (non-hydrogen) atoms. The van der Waals surface area contributed by atoms with Crippen LogP contribution in [0.1, 0.15) is 12.8 Å². The van der Waals surface area contributed by atoms with Crippen LogP contribution in [0.4, 0.5) is 0 Å². The summed E-state index contributed by atoms with van der Waals surface area (Å²) in [6, 6.07) is 0. The molecule has 0 aromatic heterocycles. The van der Waals surface area contributed by atoms with E-state index in [1.807, 2.05) is 6.08 Å². The molecule has 0 spiro atoms. The number of carbonyl (C=O) groups excluding carboxylic acids is 1. The fraction of sp³-hybridized carbons (Fsp3) is 0.667. The first kappa shape index (κ1) is 7.35. The van der Waals surface area contributed by atoms with Gasteiger partial charge >= 0.3 is 0 Å². The van der Waals surface area contributed by atoms with E-state index in [1.165, 1.54) is 0 Å². The maximum atomic E-state index is 11.3. The fourth-order valence-corrected chi connectivity index (χ4v) is 2.85. The van der Waals surface area contributed by atoms with Gasteiger partial charge in [-0.1, -0.05) is 6.08 Å². The van der Waals surface area contributed by atoms with E-state index >= 15 is 0 Å². The molecule has 0 N–H and O–H groups in total. The topological polar surface area (TPSA) is 17.1 Å². The zero-order chi connectivity index (χ0) is 8.01. The Morgan fingerprint density at radius 1 is 1.55 bits per heavy atom. The van der Waals surface area contributed by atoms with Crippen LogP contribution in [-0.4, -0.2) is 11.2 Å². The van der Waals surface area contributed by atoms with Crippen molar-refractivity contribution in [3.63, 3.8) is 0 Å². The molecule has 0 aromatic carbocycles. The third-order valence-electron chi connectivity index (χ3n) is 3.02. The molecular formula is C9H11ClO. The van der Waals surface area contributed by atoms with E-state index < -0.39 is 0 Å². The molecule has 2 aliphatic rings. The number of Topliss-reactive ketones (excluding diaryl/α,β-unsaturated/α-hetero) is 1. The highest BCUT2D eigenvalue weighted by Gasteiger charge is 2.50. The Morgan fingerprint density at radius 2 is 2.27 bits per heavy atom. The maximum Gasteiger partial charge on any atom is 0.154 e. The van der Waals surface area contributed by atoms with Crippen LogP contribution in [0.2, 0.25) is 0 Å². The lowest BCUT2D eigenvalue weighted by atomic mass is 9.88. The van der Waals surface area contributed by atoms with Crippen LogP contribution in [0.25, 0.3) is 0 Å². The van der Waals surface area contributed by atoms with Crippen LogP contribution in [0.5, 0.6) is 0 Å². The van der Waals surface area contributed by atoms with Gasteiger partial charge in [0.05, 0.1) is 5.38 Å². The molecule has 0 amide bonds. The molecule has 2 heteroatoms. The highest BCUT2D eigenvalue weighted by molar-refractivity contribution is 6.32. The van der Waals surface area contributed by atoms with E-state index in [0.29, 0.717) is 11.8 Å². The number of carbonyl (C=O) groups is 1. The number of fused-ring (bicyclic) bond motifs is 2. The van der Waals surface area contributed by atoms with Crippen molar-refractivity contribution in [2.45, 2.75) is 18.2 Å². The van der Waals surface area contributed by atoms with Gasteiger partial charge < -0.3 is 0 Å². The minimum absolute atomic E-state index is 0.211. The first-order chi connectivity index (χ1) is 5.24. The summed E-state index contributed by atoms with van der Waals surface area (Å²) in [6.07, 6.45) is 3.95. The van der Waals surface area contributed by atoms with Crippen LogP contribution in [0.3, 0.4) is 0 Å². The second-order valence-electron chi connectivity index (χ2n) is 3.54. The van der Waals surface area contributed by atoms with Crippen molar-refractivity contribution in [2.75, 3.05) is 0 Å². The predicted molar refractivity (Wildman–Crippen MR) is 44.5 cm³/mol. The zero-order valence-corrected chi connectivity index (χ0v) is 7.05. The number of ketones is 1. The average Bonchev–Trinajstić information content (AvgIpc) is 2.53. The molecule has 0 aromatic rings. The van der Waals surface area contributed by atoms with Crippen LogP contribution in [0.15, 0.2) is 12.7 Å². The molecule has 4 atom stereocenters. The number of alkyl halides is 1. The van der Waals surface area contributed by atoms with Crippen molar-refractivity contribution >= 4 is 17.4 Å². The van der Waals surface area contributed by atoms with Crippen molar-refractivity contribution in [3.8, 4) is 0 Å². The SMILES string of the molecule is C=C[C@H]1C[C@H]2C[C@@H]1C(Cl)C2=O. The summed E-state index contributed by atoms with van der Waals surface area (Å²) in [5, 5.41) is -0.211. The summed E-state index contributed by atoms with van der Waals surface area (Å²) in [5.41, 5.74) is 0. The molecule has 2 rings (SSSR count). The van der Waals surface area contributed by atoms with E-state index in [2.05, 4.69) is 6.58 Å². The zero-order valence-electron chi connectivity index (χ0n) is 6.29. The Bertz CT molecular complexity index is 206. The van der Waals surface area contributed by atoms with Gasteiger partial charge in [0.15, 0.2) is 5.78 Å². The Balaban J connectivity index is 2.22. The predicted octanol–water partition coefficient (Wildman–Crippen LogP) is 2.00. The van der Waals surface area contributed by atoms with E-state index in [1.54, 1.807) is 0 Å². The first-order valence-corrected chi connectivity index (χ1v) is 4.48. The number of allylic oxidation sites excluding steroid dienone is 1. The molecule has 1 nitrogen and oxygen atoms in total. The molecule has 2 saturated carbocycles. The Kier molecular flexibility index (Phi) is 1.57. The summed E-state index contributed by atoms with van der Waals surface area (Å²) in [7, 11) is 0. The molecule has 0 saturated heterocycles. The van der Waals surface area contributed by atoms with E-state index in [-0.39, 0.29) is 17.1 Å². The summed E-state index contributed by atoms with van der Waals surface area (Å²) >= 11 is 5.94. The van der Waals surface area contributed by atoms with Gasteiger partial charge in [0, 0.05) is 5.92 Å². The molecule has 1 unspecified atom stereocenters. The van der Waals surface area contributed by atoms with Crippen LogP contribution in [-0.2, 0) is 4.79 Å². The minimum atomic E-state index is -0.211. The highest BCUT2D eigenvalue weighted by Crippen LogP contribution is 2.48. The molecule has 2 fully saturated rings. The van der Waals surface area contributed by atoms with Gasteiger partial charge in [0.25, 0.3) is 0 Å². The van der Waals surface area contributed by atoms with E-state index in [4.69, 9.17) is 11.6 Å².